The average molecular weight is 302 g/mol. The van der Waals surface area contributed by atoms with Gasteiger partial charge in [-0.05, 0) is 49.7 Å². The van der Waals surface area contributed by atoms with E-state index in [0.717, 1.165) is 40.9 Å². The van der Waals surface area contributed by atoms with Gasteiger partial charge in [-0.2, -0.15) is 0 Å². The Morgan fingerprint density at radius 3 is 2.95 bits per heavy atom. The molecule has 1 aromatic carbocycles. The second-order valence-electron chi connectivity index (χ2n) is 6.14. The van der Waals surface area contributed by atoms with Gasteiger partial charge in [-0.3, -0.25) is 4.90 Å². The summed E-state index contributed by atoms with van der Waals surface area (Å²) in [7, 11) is 0. The van der Waals surface area contributed by atoms with Gasteiger partial charge in [-0.15, -0.1) is 0 Å². The van der Waals surface area contributed by atoms with Crippen molar-refractivity contribution in [2.45, 2.75) is 25.3 Å². The van der Waals surface area contributed by atoms with Crippen LogP contribution in [0.15, 0.2) is 30.3 Å². The molecule has 1 unspecified atom stereocenters. The van der Waals surface area contributed by atoms with Crippen molar-refractivity contribution in [3.63, 3.8) is 0 Å². The van der Waals surface area contributed by atoms with Gasteiger partial charge in [0.05, 0.1) is 5.52 Å². The summed E-state index contributed by atoms with van der Waals surface area (Å²) in [6.07, 6.45) is 4.07. The van der Waals surface area contributed by atoms with E-state index < -0.39 is 0 Å². The molecule has 1 aromatic heterocycles. The monoisotopic (exact) mass is 301 g/mol. The molecule has 2 aliphatic heterocycles. The Balaban J connectivity index is 1.59. The molecule has 0 amide bonds. The molecule has 0 N–H and O–H groups in total. The third-order valence-corrected chi connectivity index (χ3v) is 5.03. The van der Waals surface area contributed by atoms with E-state index in [1.54, 1.807) is 0 Å². The number of rotatable bonds is 1. The van der Waals surface area contributed by atoms with Crippen LogP contribution >= 0.6 is 11.6 Å². The van der Waals surface area contributed by atoms with Crippen LogP contribution in [0.5, 0.6) is 0 Å². The van der Waals surface area contributed by atoms with Crippen LogP contribution in [0.2, 0.25) is 5.02 Å². The molecule has 0 saturated carbocycles. The molecule has 4 heteroatoms. The highest BCUT2D eigenvalue weighted by Gasteiger charge is 2.29. The van der Waals surface area contributed by atoms with Crippen molar-refractivity contribution in [2.75, 3.05) is 31.1 Å². The van der Waals surface area contributed by atoms with E-state index in [1.165, 1.54) is 32.4 Å². The largest absolute Gasteiger partial charge is 0.354 e. The lowest BCUT2D eigenvalue weighted by atomic mass is 9.99. The SMILES string of the molecule is Clc1ccc2nc(N3CCN4CCCCC4C3)ccc2c1. The van der Waals surface area contributed by atoms with E-state index in [9.17, 15) is 0 Å². The van der Waals surface area contributed by atoms with Gasteiger partial charge in [-0.1, -0.05) is 18.0 Å². The maximum atomic E-state index is 6.04. The van der Waals surface area contributed by atoms with Gasteiger partial charge in [0, 0.05) is 36.1 Å². The van der Waals surface area contributed by atoms with Crippen LogP contribution in [-0.2, 0) is 0 Å². The maximum absolute atomic E-state index is 6.04. The quantitative estimate of drug-likeness (QED) is 0.803. The number of piperidine rings is 1. The fourth-order valence-electron chi connectivity index (χ4n) is 3.63. The molecule has 2 aliphatic rings. The number of hydrogen-bond donors (Lipinski definition) is 0. The first-order chi connectivity index (χ1) is 10.3. The van der Waals surface area contributed by atoms with Gasteiger partial charge in [0.15, 0.2) is 0 Å². The van der Waals surface area contributed by atoms with E-state index in [1.807, 2.05) is 18.2 Å². The topological polar surface area (TPSA) is 19.4 Å². The zero-order chi connectivity index (χ0) is 14.2. The van der Waals surface area contributed by atoms with Crippen molar-refractivity contribution in [2.24, 2.45) is 0 Å². The van der Waals surface area contributed by atoms with E-state index in [2.05, 4.69) is 21.9 Å². The molecule has 21 heavy (non-hydrogen) atoms. The summed E-state index contributed by atoms with van der Waals surface area (Å²) < 4.78 is 0. The Hall–Kier alpha value is -1.32. The molecule has 0 aliphatic carbocycles. The number of piperazine rings is 1. The minimum absolute atomic E-state index is 0.718. The summed E-state index contributed by atoms with van der Waals surface area (Å²) in [5.41, 5.74) is 1.03. The normalized spacial score (nSPS) is 23.3. The smallest absolute Gasteiger partial charge is 0.129 e. The number of aromatic nitrogens is 1. The van der Waals surface area contributed by atoms with E-state index in [0.29, 0.717) is 0 Å². The van der Waals surface area contributed by atoms with Crippen molar-refractivity contribution in [1.29, 1.82) is 0 Å². The highest BCUT2D eigenvalue weighted by Crippen LogP contribution is 2.26. The minimum atomic E-state index is 0.718. The third kappa shape index (κ3) is 2.60. The molecule has 2 fully saturated rings. The van der Waals surface area contributed by atoms with Gasteiger partial charge in [-0.25, -0.2) is 4.98 Å². The zero-order valence-corrected chi connectivity index (χ0v) is 12.9. The van der Waals surface area contributed by atoms with E-state index in [-0.39, 0.29) is 0 Å². The van der Waals surface area contributed by atoms with Crippen LogP contribution in [0.1, 0.15) is 19.3 Å². The fourth-order valence-corrected chi connectivity index (χ4v) is 3.81. The highest BCUT2D eigenvalue weighted by molar-refractivity contribution is 6.31. The minimum Gasteiger partial charge on any atom is -0.354 e. The first kappa shape index (κ1) is 13.4. The van der Waals surface area contributed by atoms with Gasteiger partial charge in [0.25, 0.3) is 0 Å². The summed E-state index contributed by atoms with van der Waals surface area (Å²) in [4.78, 5) is 9.92. The van der Waals surface area contributed by atoms with Crippen LogP contribution in [0.3, 0.4) is 0 Å². The second kappa shape index (κ2) is 5.47. The number of fused-ring (bicyclic) bond motifs is 2. The molecule has 4 rings (SSSR count). The maximum Gasteiger partial charge on any atom is 0.129 e. The Morgan fingerprint density at radius 2 is 2.00 bits per heavy atom. The van der Waals surface area contributed by atoms with Crippen LogP contribution in [0, 0.1) is 0 Å². The van der Waals surface area contributed by atoms with Crippen LogP contribution < -0.4 is 4.90 Å². The Bertz CT molecular complexity index is 658. The van der Waals surface area contributed by atoms with Crippen LogP contribution in [0.4, 0.5) is 5.82 Å². The number of hydrogen-bond acceptors (Lipinski definition) is 3. The number of nitrogens with zero attached hydrogens (tertiary/aromatic N) is 3. The first-order valence-electron chi connectivity index (χ1n) is 7.85. The average Bonchev–Trinajstić information content (AvgIpc) is 2.54. The van der Waals surface area contributed by atoms with E-state index in [4.69, 9.17) is 16.6 Å². The molecule has 3 heterocycles. The lowest BCUT2D eigenvalue weighted by Crippen LogP contribution is -2.55. The van der Waals surface area contributed by atoms with Crippen LogP contribution in [-0.4, -0.2) is 42.1 Å². The number of anilines is 1. The van der Waals surface area contributed by atoms with Crippen LogP contribution in [0.25, 0.3) is 10.9 Å². The molecule has 0 radical (unpaired) electrons. The summed E-state index contributed by atoms with van der Waals surface area (Å²) in [5, 5.41) is 1.88. The molecule has 3 nitrogen and oxygen atoms in total. The molecule has 1 atom stereocenters. The zero-order valence-electron chi connectivity index (χ0n) is 12.1. The third-order valence-electron chi connectivity index (χ3n) is 4.80. The second-order valence-corrected chi connectivity index (χ2v) is 6.57. The summed E-state index contributed by atoms with van der Waals surface area (Å²) in [6, 6.07) is 10.9. The summed E-state index contributed by atoms with van der Waals surface area (Å²) in [5.74, 6) is 1.11. The number of pyridine rings is 1. The molecule has 0 spiro atoms. The summed E-state index contributed by atoms with van der Waals surface area (Å²) >= 11 is 6.04. The highest BCUT2D eigenvalue weighted by atomic mass is 35.5. The van der Waals surface area contributed by atoms with Gasteiger partial charge < -0.3 is 4.90 Å². The Kier molecular flexibility index (Phi) is 3.48. The number of halogens is 1. The molecular formula is C17H20ClN3. The Labute approximate surface area is 130 Å². The van der Waals surface area contributed by atoms with Gasteiger partial charge in [0.2, 0.25) is 0 Å². The fraction of sp³-hybridized carbons (Fsp3) is 0.471. The van der Waals surface area contributed by atoms with Crippen molar-refractivity contribution in [1.82, 2.24) is 9.88 Å². The van der Waals surface area contributed by atoms with E-state index >= 15 is 0 Å². The predicted octanol–water partition coefficient (Wildman–Crippen LogP) is 3.56. The lowest BCUT2D eigenvalue weighted by molar-refractivity contribution is 0.133. The molecule has 110 valence electrons. The standard InChI is InChI=1S/C17H20ClN3/c18-14-5-6-16-13(11-14)4-7-17(19-16)21-10-9-20-8-2-1-3-15(20)12-21/h4-7,11,15H,1-3,8-10,12H2. The van der Waals surface area contributed by atoms with Crippen molar-refractivity contribution in [3.8, 4) is 0 Å². The number of benzene rings is 1. The first-order valence-corrected chi connectivity index (χ1v) is 8.23. The molecular weight excluding hydrogens is 282 g/mol. The van der Waals surface area contributed by atoms with Crippen molar-refractivity contribution >= 4 is 28.3 Å². The summed E-state index contributed by atoms with van der Waals surface area (Å²) in [6.45, 7) is 4.65. The lowest BCUT2D eigenvalue weighted by Gasteiger charge is -2.44. The van der Waals surface area contributed by atoms with Gasteiger partial charge in [0.1, 0.15) is 5.82 Å². The van der Waals surface area contributed by atoms with Gasteiger partial charge >= 0.3 is 0 Å². The predicted molar refractivity (Wildman–Crippen MR) is 88.2 cm³/mol. The van der Waals surface area contributed by atoms with Crippen molar-refractivity contribution < 1.29 is 0 Å². The van der Waals surface area contributed by atoms with Crippen molar-refractivity contribution in [3.05, 3.63) is 35.4 Å². The molecule has 2 saturated heterocycles. The Morgan fingerprint density at radius 1 is 1.05 bits per heavy atom. The molecule has 2 aromatic rings. The molecule has 0 bridgehead atoms.